The van der Waals surface area contributed by atoms with Gasteiger partial charge in [-0.25, -0.2) is 19.6 Å². The Kier molecular flexibility index (Phi) is 11.2. The van der Waals surface area contributed by atoms with Gasteiger partial charge in [-0.05, 0) is 34.9 Å². The minimum absolute atomic E-state index is 0.0146. The third-order valence-electron chi connectivity index (χ3n) is 7.56. The fraction of sp³-hybridized carbons (Fsp3) is 0.294. The van der Waals surface area contributed by atoms with Crippen LogP contribution >= 0.6 is 11.8 Å². The molecule has 234 valence electrons. The van der Waals surface area contributed by atoms with Gasteiger partial charge in [-0.15, -0.1) is 0 Å². The van der Waals surface area contributed by atoms with Crippen molar-refractivity contribution in [2.75, 3.05) is 18.2 Å². The molecular formula is C34H36N4O6S. The Bertz CT molecular complexity index is 1530. The number of thioether (sulfide) groups is 1. The second kappa shape index (κ2) is 15.6. The molecule has 3 N–H and O–H groups in total. The van der Waals surface area contributed by atoms with Crippen LogP contribution in [0, 0.1) is 5.92 Å². The Balaban J connectivity index is 1.27. The van der Waals surface area contributed by atoms with E-state index in [2.05, 4.69) is 27.5 Å². The zero-order valence-corrected chi connectivity index (χ0v) is 25.9. The van der Waals surface area contributed by atoms with Gasteiger partial charge < -0.3 is 30.0 Å². The van der Waals surface area contributed by atoms with Crippen LogP contribution in [-0.4, -0.2) is 52.1 Å². The summed E-state index contributed by atoms with van der Waals surface area (Å²) in [6.07, 6.45) is 2.63. The molecule has 5 unspecified atom stereocenters. The highest BCUT2D eigenvalue weighted by atomic mass is 32.2. The summed E-state index contributed by atoms with van der Waals surface area (Å²) in [6.45, 7) is 2.07. The number of carbonyl (C=O) groups excluding carboxylic acids is 2. The lowest BCUT2D eigenvalue weighted by Crippen LogP contribution is -2.45. The van der Waals surface area contributed by atoms with Crippen molar-refractivity contribution in [3.8, 4) is 0 Å². The van der Waals surface area contributed by atoms with Crippen molar-refractivity contribution in [2.24, 2.45) is 5.92 Å². The molecule has 45 heavy (non-hydrogen) atoms. The summed E-state index contributed by atoms with van der Waals surface area (Å²) in [5, 5.41) is 15.7. The normalized spacial score (nSPS) is 20.2. The minimum Gasteiger partial charge on any atom is -0.467 e. The van der Waals surface area contributed by atoms with Gasteiger partial charge in [0.05, 0.1) is 25.9 Å². The van der Waals surface area contributed by atoms with Gasteiger partial charge in [-0.3, -0.25) is 0 Å². The smallest absolute Gasteiger partial charge is 0.328 e. The molecule has 3 aromatic carbocycles. The molecule has 0 spiro atoms. The lowest BCUT2D eigenvalue weighted by atomic mass is 9.91. The number of urea groups is 1. The van der Waals surface area contributed by atoms with Crippen molar-refractivity contribution in [1.82, 2.24) is 15.3 Å². The lowest BCUT2D eigenvalue weighted by Gasteiger charge is -2.41. The van der Waals surface area contributed by atoms with Crippen molar-refractivity contribution in [1.29, 1.82) is 0 Å². The number of nitrogens with one attached hydrogen (secondary N) is 2. The molecule has 0 aliphatic carbocycles. The Morgan fingerprint density at radius 1 is 0.911 bits per heavy atom. The van der Waals surface area contributed by atoms with Gasteiger partial charge >= 0.3 is 12.0 Å². The number of rotatable bonds is 11. The summed E-state index contributed by atoms with van der Waals surface area (Å²) in [4.78, 5) is 33.8. The highest BCUT2D eigenvalue weighted by molar-refractivity contribution is 7.99. The molecule has 2 heterocycles. The van der Waals surface area contributed by atoms with Gasteiger partial charge in [-0.1, -0.05) is 85.4 Å². The maximum Gasteiger partial charge on any atom is 0.328 e. The molecule has 10 nitrogen and oxygen atoms in total. The zero-order valence-electron chi connectivity index (χ0n) is 25.0. The molecule has 1 fully saturated rings. The van der Waals surface area contributed by atoms with Gasteiger partial charge in [0.2, 0.25) is 0 Å². The number of anilines is 1. The van der Waals surface area contributed by atoms with Crippen molar-refractivity contribution in [3.63, 3.8) is 0 Å². The minimum atomic E-state index is -0.845. The fourth-order valence-electron chi connectivity index (χ4n) is 5.06. The predicted molar refractivity (Wildman–Crippen MR) is 170 cm³/mol. The molecule has 11 heteroatoms. The molecule has 0 saturated carbocycles. The second-order valence-electron chi connectivity index (χ2n) is 10.7. The van der Waals surface area contributed by atoms with E-state index < -0.39 is 24.3 Å². The number of aliphatic hydroxyl groups excluding tert-OH is 1. The van der Waals surface area contributed by atoms with E-state index in [0.29, 0.717) is 23.0 Å². The van der Waals surface area contributed by atoms with E-state index in [0.717, 1.165) is 22.3 Å². The third-order valence-corrected chi connectivity index (χ3v) is 8.52. The average molecular weight is 629 g/mol. The van der Waals surface area contributed by atoms with E-state index >= 15 is 0 Å². The van der Waals surface area contributed by atoms with E-state index in [1.54, 1.807) is 30.6 Å². The van der Waals surface area contributed by atoms with Crippen LogP contribution in [0.25, 0.3) is 0 Å². The number of esters is 1. The molecule has 1 aliphatic rings. The molecule has 1 saturated heterocycles. The number of nitrogens with zero attached hydrogens (tertiary/aromatic N) is 2. The summed E-state index contributed by atoms with van der Waals surface area (Å²) >= 11 is 1.53. The molecule has 1 aromatic heterocycles. The fourth-order valence-corrected chi connectivity index (χ4v) is 6.03. The van der Waals surface area contributed by atoms with E-state index in [1.165, 1.54) is 18.9 Å². The number of carbonyl (C=O) groups is 2. The quantitative estimate of drug-likeness (QED) is 0.113. The number of amides is 2. The lowest BCUT2D eigenvalue weighted by molar-refractivity contribution is -0.268. The third kappa shape index (κ3) is 8.67. The first-order chi connectivity index (χ1) is 21.9. The SMILES string of the molecule is COC(=O)C(Cc1ccccc1)NC(=O)Nc1ccc(C2OC(CSc3ncccn3)C(C)C(c3ccc(CO)cc3)O2)cc1. The van der Waals surface area contributed by atoms with Gasteiger partial charge in [0.25, 0.3) is 0 Å². The first-order valence-corrected chi connectivity index (χ1v) is 15.6. The first-order valence-electron chi connectivity index (χ1n) is 14.6. The summed E-state index contributed by atoms with van der Waals surface area (Å²) in [7, 11) is 1.29. The monoisotopic (exact) mass is 628 g/mol. The Morgan fingerprint density at radius 3 is 2.27 bits per heavy atom. The van der Waals surface area contributed by atoms with Crippen molar-refractivity contribution in [3.05, 3.63) is 120 Å². The van der Waals surface area contributed by atoms with Crippen molar-refractivity contribution >= 4 is 29.4 Å². The summed E-state index contributed by atoms with van der Waals surface area (Å²) < 4.78 is 17.9. The predicted octanol–water partition coefficient (Wildman–Crippen LogP) is 5.46. The van der Waals surface area contributed by atoms with Gasteiger partial charge in [0.1, 0.15) is 6.04 Å². The number of aromatic nitrogens is 2. The summed E-state index contributed by atoms with van der Waals surface area (Å²) in [5.41, 5.74) is 4.04. The Labute approximate surface area is 266 Å². The largest absolute Gasteiger partial charge is 0.467 e. The number of benzene rings is 3. The van der Waals surface area contributed by atoms with Gasteiger partial charge in [0, 0.05) is 41.7 Å². The molecule has 4 aromatic rings. The zero-order chi connectivity index (χ0) is 31.6. The van der Waals surface area contributed by atoms with Crippen LogP contribution in [0.3, 0.4) is 0 Å². The molecule has 0 bridgehead atoms. The van der Waals surface area contributed by atoms with E-state index in [1.807, 2.05) is 66.7 Å². The number of methoxy groups -OCH3 is 1. The molecule has 5 rings (SSSR count). The highest BCUT2D eigenvalue weighted by Crippen LogP contribution is 2.43. The van der Waals surface area contributed by atoms with E-state index in [-0.39, 0.29) is 24.7 Å². The first kappa shape index (κ1) is 32.1. The maximum atomic E-state index is 12.8. The Hall–Kier alpha value is -4.29. The van der Waals surface area contributed by atoms with E-state index in [9.17, 15) is 14.7 Å². The molecular weight excluding hydrogens is 592 g/mol. The molecule has 1 aliphatic heterocycles. The second-order valence-corrected chi connectivity index (χ2v) is 11.6. The van der Waals surface area contributed by atoms with Crippen molar-refractivity contribution in [2.45, 2.75) is 49.6 Å². The van der Waals surface area contributed by atoms with Crippen LogP contribution in [0.15, 0.2) is 102 Å². The van der Waals surface area contributed by atoms with Crippen LogP contribution in [0.2, 0.25) is 0 Å². The van der Waals surface area contributed by atoms with Crippen LogP contribution in [0.5, 0.6) is 0 Å². The van der Waals surface area contributed by atoms with Gasteiger partial charge in [0.15, 0.2) is 11.4 Å². The number of aliphatic hydroxyl groups is 1. The highest BCUT2D eigenvalue weighted by Gasteiger charge is 2.38. The molecule has 5 atom stereocenters. The van der Waals surface area contributed by atoms with Crippen LogP contribution in [-0.2, 0) is 32.0 Å². The molecule has 2 amide bonds. The van der Waals surface area contributed by atoms with E-state index in [4.69, 9.17) is 14.2 Å². The van der Waals surface area contributed by atoms with Crippen LogP contribution in [0.4, 0.5) is 10.5 Å². The van der Waals surface area contributed by atoms with Crippen molar-refractivity contribution < 1.29 is 28.9 Å². The van der Waals surface area contributed by atoms with Crippen LogP contribution in [0.1, 0.15) is 41.6 Å². The number of ether oxygens (including phenoxy) is 3. The Morgan fingerprint density at radius 2 is 1.60 bits per heavy atom. The topological polar surface area (TPSA) is 132 Å². The maximum absolute atomic E-state index is 12.8. The molecule has 0 radical (unpaired) electrons. The average Bonchev–Trinajstić information content (AvgIpc) is 3.08. The number of hydrogen-bond donors (Lipinski definition) is 3. The van der Waals surface area contributed by atoms with Gasteiger partial charge in [-0.2, -0.15) is 0 Å². The number of hydrogen-bond acceptors (Lipinski definition) is 9. The summed E-state index contributed by atoms with van der Waals surface area (Å²) in [5.74, 6) is 0.110. The van der Waals surface area contributed by atoms with Crippen LogP contribution < -0.4 is 10.6 Å². The standard InChI is InChI=1S/C34H36N4O6S/c1-22-29(21-45-34-35-17-6-18-36-34)43-32(44-30(22)25-11-9-24(20-39)10-12-25)26-13-15-27(16-14-26)37-33(41)38-28(31(40)42-2)19-23-7-4-3-5-8-23/h3-18,22,28-30,32,39H,19-21H2,1-2H3,(H2,37,38,41). The summed E-state index contributed by atoms with van der Waals surface area (Å²) in [6, 6.07) is 24.8.